The van der Waals surface area contributed by atoms with E-state index >= 15 is 0 Å². The highest BCUT2D eigenvalue weighted by Crippen LogP contribution is 2.20. The summed E-state index contributed by atoms with van der Waals surface area (Å²) in [6.07, 6.45) is 2.63. The number of aromatic nitrogens is 2. The van der Waals surface area contributed by atoms with Gasteiger partial charge in [0.1, 0.15) is 18.2 Å². The molecule has 3 aromatic carbocycles. The summed E-state index contributed by atoms with van der Waals surface area (Å²) in [5.41, 5.74) is 3.62. The number of rotatable bonds is 9. The maximum absolute atomic E-state index is 12.6. The number of amides is 1. The highest BCUT2D eigenvalue weighted by molar-refractivity contribution is 9.10. The number of halogens is 1. The molecule has 0 aliphatic heterocycles. The molecule has 162 valence electrons. The molecule has 6 heteroatoms. The van der Waals surface area contributed by atoms with E-state index in [1.54, 1.807) is 12.1 Å². The van der Waals surface area contributed by atoms with Gasteiger partial charge in [0.25, 0.3) is 5.91 Å². The Bertz CT molecular complexity index is 1250. The van der Waals surface area contributed by atoms with Gasteiger partial charge in [-0.1, -0.05) is 58.4 Å². The smallest absolute Gasteiger partial charge is 0.251 e. The van der Waals surface area contributed by atoms with Crippen LogP contribution >= 0.6 is 15.9 Å². The fourth-order valence-electron chi connectivity index (χ4n) is 3.62. The van der Waals surface area contributed by atoms with E-state index in [0.29, 0.717) is 25.3 Å². The van der Waals surface area contributed by atoms with E-state index in [2.05, 4.69) is 32.4 Å². The van der Waals surface area contributed by atoms with Gasteiger partial charge in [-0.15, -0.1) is 6.58 Å². The van der Waals surface area contributed by atoms with Crippen LogP contribution in [0, 0.1) is 0 Å². The van der Waals surface area contributed by atoms with Crippen LogP contribution in [-0.4, -0.2) is 22.1 Å². The highest BCUT2D eigenvalue weighted by Gasteiger charge is 2.13. The summed E-state index contributed by atoms with van der Waals surface area (Å²) < 4.78 is 9.06. The molecule has 5 nitrogen and oxygen atoms in total. The Kier molecular flexibility index (Phi) is 7.02. The van der Waals surface area contributed by atoms with E-state index in [1.807, 2.05) is 66.7 Å². The minimum absolute atomic E-state index is 0.139. The number of carbonyl (C=O) groups excluding carboxylic acids is 1. The van der Waals surface area contributed by atoms with Gasteiger partial charge in [0, 0.05) is 10.0 Å². The minimum Gasteiger partial charge on any atom is -0.491 e. The molecule has 0 bridgehead atoms. The van der Waals surface area contributed by atoms with E-state index in [9.17, 15) is 4.79 Å². The standard InChI is InChI=1S/C26H24BrN3O2/c1-2-8-19-9-3-6-14-24(19)32-16-15-30-23-13-5-4-12-22(23)29-25(30)18-28-26(31)20-10-7-11-21(27)17-20/h2-7,9-14,17H,1,8,15-16,18H2,(H,28,31). The van der Waals surface area contributed by atoms with Crippen LogP contribution in [0.2, 0.25) is 0 Å². The number of nitrogens with one attached hydrogen (secondary N) is 1. The molecule has 0 radical (unpaired) electrons. The molecule has 0 saturated carbocycles. The summed E-state index contributed by atoms with van der Waals surface area (Å²) in [6, 6.07) is 23.3. The van der Waals surface area contributed by atoms with Crippen LogP contribution in [0.5, 0.6) is 5.75 Å². The number of carbonyl (C=O) groups is 1. The van der Waals surface area contributed by atoms with Crippen molar-refractivity contribution in [3.05, 3.63) is 107 Å². The molecule has 1 N–H and O–H groups in total. The average Bonchev–Trinajstić information content (AvgIpc) is 3.16. The molecular weight excluding hydrogens is 466 g/mol. The van der Waals surface area contributed by atoms with Crippen LogP contribution in [0.25, 0.3) is 11.0 Å². The number of hydrogen-bond donors (Lipinski definition) is 1. The zero-order valence-corrected chi connectivity index (χ0v) is 19.2. The molecule has 1 heterocycles. The topological polar surface area (TPSA) is 56.1 Å². The number of benzene rings is 3. The Labute approximate surface area is 195 Å². The lowest BCUT2D eigenvalue weighted by Gasteiger charge is -2.13. The van der Waals surface area contributed by atoms with Crippen LogP contribution in [0.15, 0.2) is 89.9 Å². The summed E-state index contributed by atoms with van der Waals surface area (Å²) in [4.78, 5) is 17.3. The molecule has 4 aromatic rings. The fourth-order valence-corrected chi connectivity index (χ4v) is 4.02. The molecule has 0 atom stereocenters. The Balaban J connectivity index is 1.49. The molecule has 0 spiro atoms. The molecule has 0 saturated heterocycles. The Morgan fingerprint density at radius 2 is 1.91 bits per heavy atom. The number of allylic oxidation sites excluding steroid dienone is 1. The third-order valence-corrected chi connectivity index (χ3v) is 5.63. The molecule has 0 fully saturated rings. The van der Waals surface area contributed by atoms with Crippen molar-refractivity contribution in [3.63, 3.8) is 0 Å². The molecular formula is C26H24BrN3O2. The van der Waals surface area contributed by atoms with Crippen molar-refractivity contribution in [1.29, 1.82) is 0 Å². The molecule has 4 rings (SSSR count). The molecule has 0 aliphatic rings. The second-order valence-electron chi connectivity index (χ2n) is 7.31. The second kappa shape index (κ2) is 10.3. The quantitative estimate of drug-likeness (QED) is 0.314. The zero-order chi connectivity index (χ0) is 22.3. The number of imidazole rings is 1. The van der Waals surface area contributed by atoms with Crippen LogP contribution in [0.3, 0.4) is 0 Å². The number of fused-ring (bicyclic) bond motifs is 1. The third kappa shape index (κ3) is 5.08. The third-order valence-electron chi connectivity index (χ3n) is 5.14. The molecule has 0 aliphatic carbocycles. The van der Waals surface area contributed by atoms with E-state index in [4.69, 9.17) is 9.72 Å². The number of nitrogens with zero attached hydrogens (tertiary/aromatic N) is 2. The number of ether oxygens (including phenoxy) is 1. The maximum atomic E-state index is 12.6. The van der Waals surface area contributed by atoms with Gasteiger partial charge in [0.15, 0.2) is 0 Å². The van der Waals surface area contributed by atoms with Crippen LogP contribution in [0.4, 0.5) is 0 Å². The van der Waals surface area contributed by atoms with Gasteiger partial charge < -0.3 is 14.6 Å². The SMILES string of the molecule is C=CCc1ccccc1OCCn1c(CNC(=O)c2cccc(Br)c2)nc2ccccc21. The first-order valence-corrected chi connectivity index (χ1v) is 11.2. The summed E-state index contributed by atoms with van der Waals surface area (Å²) in [6.45, 7) is 5.25. The maximum Gasteiger partial charge on any atom is 0.251 e. The van der Waals surface area contributed by atoms with E-state index in [1.165, 1.54) is 0 Å². The van der Waals surface area contributed by atoms with Crippen molar-refractivity contribution in [2.75, 3.05) is 6.61 Å². The first-order valence-electron chi connectivity index (χ1n) is 10.4. The predicted molar refractivity (Wildman–Crippen MR) is 131 cm³/mol. The van der Waals surface area contributed by atoms with Crippen molar-refractivity contribution in [3.8, 4) is 5.75 Å². The Morgan fingerprint density at radius 1 is 1.09 bits per heavy atom. The van der Waals surface area contributed by atoms with Gasteiger partial charge >= 0.3 is 0 Å². The van der Waals surface area contributed by atoms with Crippen molar-refractivity contribution < 1.29 is 9.53 Å². The summed E-state index contributed by atoms with van der Waals surface area (Å²) in [7, 11) is 0. The average molecular weight is 490 g/mol. The molecule has 32 heavy (non-hydrogen) atoms. The van der Waals surface area contributed by atoms with Gasteiger partial charge in [-0.05, 0) is 48.4 Å². The Morgan fingerprint density at radius 3 is 2.75 bits per heavy atom. The lowest BCUT2D eigenvalue weighted by atomic mass is 10.1. The summed E-state index contributed by atoms with van der Waals surface area (Å²) >= 11 is 3.41. The second-order valence-corrected chi connectivity index (χ2v) is 8.23. The van der Waals surface area contributed by atoms with Crippen LogP contribution in [0.1, 0.15) is 21.7 Å². The van der Waals surface area contributed by atoms with Crippen molar-refractivity contribution >= 4 is 32.9 Å². The van der Waals surface area contributed by atoms with E-state index < -0.39 is 0 Å². The first-order chi connectivity index (χ1) is 15.7. The highest BCUT2D eigenvalue weighted by atomic mass is 79.9. The number of hydrogen-bond acceptors (Lipinski definition) is 3. The lowest BCUT2D eigenvalue weighted by Crippen LogP contribution is -2.25. The summed E-state index contributed by atoms with van der Waals surface area (Å²) in [5.74, 6) is 1.51. The van der Waals surface area contributed by atoms with E-state index in [-0.39, 0.29) is 5.91 Å². The van der Waals surface area contributed by atoms with Gasteiger partial charge in [-0.3, -0.25) is 4.79 Å². The molecule has 1 amide bonds. The van der Waals surface area contributed by atoms with Crippen molar-refractivity contribution in [2.45, 2.75) is 19.5 Å². The van der Waals surface area contributed by atoms with E-state index in [0.717, 1.165) is 39.1 Å². The normalized spacial score (nSPS) is 10.8. The van der Waals surface area contributed by atoms with Crippen LogP contribution < -0.4 is 10.1 Å². The van der Waals surface area contributed by atoms with Gasteiger partial charge in [0.05, 0.1) is 24.1 Å². The fraction of sp³-hybridized carbons (Fsp3) is 0.154. The number of para-hydroxylation sites is 3. The summed E-state index contributed by atoms with van der Waals surface area (Å²) in [5, 5.41) is 2.98. The van der Waals surface area contributed by atoms with Gasteiger partial charge in [0.2, 0.25) is 0 Å². The largest absolute Gasteiger partial charge is 0.491 e. The predicted octanol–water partition coefficient (Wildman–Crippen LogP) is 5.54. The van der Waals surface area contributed by atoms with Gasteiger partial charge in [-0.25, -0.2) is 4.98 Å². The minimum atomic E-state index is -0.139. The molecule has 1 aromatic heterocycles. The monoisotopic (exact) mass is 489 g/mol. The van der Waals surface area contributed by atoms with Crippen LogP contribution in [-0.2, 0) is 19.5 Å². The zero-order valence-electron chi connectivity index (χ0n) is 17.6. The first kappa shape index (κ1) is 21.8. The lowest BCUT2D eigenvalue weighted by molar-refractivity contribution is 0.0949. The van der Waals surface area contributed by atoms with Crippen molar-refractivity contribution in [2.24, 2.45) is 0 Å². The van der Waals surface area contributed by atoms with Crippen molar-refractivity contribution in [1.82, 2.24) is 14.9 Å². The molecule has 0 unspecified atom stereocenters. The van der Waals surface area contributed by atoms with Gasteiger partial charge in [-0.2, -0.15) is 0 Å². The Hall–Kier alpha value is -3.38.